The number of nitrogens with zero attached hydrogens (tertiary/aromatic N) is 1. The summed E-state index contributed by atoms with van der Waals surface area (Å²) in [5.41, 5.74) is 0. The highest BCUT2D eigenvalue weighted by atomic mass is 32.2. The number of aliphatic hydroxyl groups excluding tert-OH is 1. The maximum absolute atomic E-state index is 11.6. The summed E-state index contributed by atoms with van der Waals surface area (Å²) in [6.07, 6.45) is 3.14. The van der Waals surface area contributed by atoms with Crippen LogP contribution in [0.25, 0.3) is 0 Å². The number of rotatable bonds is 6. The minimum Gasteiger partial charge on any atom is -0.396 e. The van der Waals surface area contributed by atoms with Crippen LogP contribution in [-0.2, 0) is 10.0 Å². The van der Waals surface area contributed by atoms with Crippen molar-refractivity contribution >= 4 is 10.0 Å². The van der Waals surface area contributed by atoms with E-state index in [9.17, 15) is 8.42 Å². The number of hydrogen-bond donors (Lipinski definition) is 3. The molecule has 6 nitrogen and oxygen atoms in total. The van der Waals surface area contributed by atoms with Gasteiger partial charge < -0.3 is 5.11 Å². The van der Waals surface area contributed by atoms with Crippen LogP contribution in [0.3, 0.4) is 0 Å². The maximum atomic E-state index is 11.6. The average molecular weight is 233 g/mol. The van der Waals surface area contributed by atoms with Crippen LogP contribution in [0.15, 0.2) is 17.3 Å². The maximum Gasteiger partial charge on any atom is 0.243 e. The second kappa shape index (κ2) is 5.24. The molecule has 1 rings (SSSR count). The molecule has 86 valence electrons. The van der Waals surface area contributed by atoms with Crippen LogP contribution in [0.1, 0.15) is 13.3 Å². The third-order valence-electron chi connectivity index (χ3n) is 2.03. The molecule has 0 bridgehead atoms. The summed E-state index contributed by atoms with van der Waals surface area (Å²) in [6, 6.07) is 0. The topological polar surface area (TPSA) is 95.1 Å². The Balaban J connectivity index is 2.52. The first-order valence-electron chi connectivity index (χ1n) is 4.65. The molecule has 0 radical (unpaired) electrons. The second-order valence-corrected chi connectivity index (χ2v) is 5.17. The number of nitrogens with one attached hydrogen (secondary N) is 2. The van der Waals surface area contributed by atoms with Gasteiger partial charge in [0.05, 0.1) is 6.20 Å². The van der Waals surface area contributed by atoms with Crippen molar-refractivity contribution in [1.82, 2.24) is 14.9 Å². The van der Waals surface area contributed by atoms with E-state index in [1.807, 2.05) is 6.92 Å². The molecule has 0 aliphatic heterocycles. The van der Waals surface area contributed by atoms with E-state index in [0.717, 1.165) is 0 Å². The van der Waals surface area contributed by atoms with Crippen LogP contribution in [0, 0.1) is 5.92 Å². The molecule has 3 N–H and O–H groups in total. The predicted octanol–water partition coefficient (Wildman–Crippen LogP) is -0.294. The molecule has 0 amide bonds. The Hall–Kier alpha value is -0.920. The molecule has 1 unspecified atom stereocenters. The molecule has 1 aromatic heterocycles. The van der Waals surface area contributed by atoms with Gasteiger partial charge in [-0.3, -0.25) is 5.10 Å². The first-order valence-corrected chi connectivity index (χ1v) is 6.14. The Morgan fingerprint density at radius 2 is 2.40 bits per heavy atom. The van der Waals surface area contributed by atoms with Crippen molar-refractivity contribution in [3.05, 3.63) is 12.4 Å². The van der Waals surface area contributed by atoms with Crippen LogP contribution in [-0.4, -0.2) is 36.9 Å². The third kappa shape index (κ3) is 3.61. The molecule has 0 aliphatic carbocycles. The van der Waals surface area contributed by atoms with E-state index >= 15 is 0 Å². The molecular weight excluding hydrogens is 218 g/mol. The smallest absolute Gasteiger partial charge is 0.243 e. The molecule has 15 heavy (non-hydrogen) atoms. The van der Waals surface area contributed by atoms with Crippen molar-refractivity contribution in [2.75, 3.05) is 13.2 Å². The fourth-order valence-corrected chi connectivity index (χ4v) is 2.11. The van der Waals surface area contributed by atoms with E-state index < -0.39 is 10.0 Å². The number of aromatic amines is 1. The summed E-state index contributed by atoms with van der Waals surface area (Å²) in [5.74, 6) is 0.108. The van der Waals surface area contributed by atoms with Crippen LogP contribution in [0.5, 0.6) is 0 Å². The molecule has 0 aliphatic rings. The van der Waals surface area contributed by atoms with Crippen LogP contribution < -0.4 is 4.72 Å². The number of sulfonamides is 1. The van der Waals surface area contributed by atoms with Gasteiger partial charge in [0.15, 0.2) is 0 Å². The molecule has 0 aromatic carbocycles. The summed E-state index contributed by atoms with van der Waals surface area (Å²) < 4.78 is 25.6. The molecule has 0 saturated heterocycles. The number of hydrogen-bond acceptors (Lipinski definition) is 4. The van der Waals surface area contributed by atoms with Crippen molar-refractivity contribution in [3.63, 3.8) is 0 Å². The van der Waals surface area contributed by atoms with E-state index in [1.165, 1.54) is 12.4 Å². The van der Waals surface area contributed by atoms with Gasteiger partial charge in [-0.15, -0.1) is 0 Å². The van der Waals surface area contributed by atoms with Gasteiger partial charge in [0.1, 0.15) is 4.90 Å². The molecule has 0 fully saturated rings. The highest BCUT2D eigenvalue weighted by molar-refractivity contribution is 7.89. The first kappa shape index (κ1) is 12.2. The Morgan fingerprint density at radius 3 is 2.93 bits per heavy atom. The van der Waals surface area contributed by atoms with E-state index in [0.29, 0.717) is 13.0 Å². The van der Waals surface area contributed by atoms with Crippen molar-refractivity contribution in [2.45, 2.75) is 18.2 Å². The zero-order valence-electron chi connectivity index (χ0n) is 8.47. The van der Waals surface area contributed by atoms with E-state index in [4.69, 9.17) is 5.11 Å². The van der Waals surface area contributed by atoms with Gasteiger partial charge in [0.2, 0.25) is 10.0 Å². The molecule has 1 aromatic rings. The van der Waals surface area contributed by atoms with Gasteiger partial charge in [-0.2, -0.15) is 5.10 Å². The minimum absolute atomic E-state index is 0.0641. The normalized spacial score (nSPS) is 14.0. The fourth-order valence-electron chi connectivity index (χ4n) is 1.04. The van der Waals surface area contributed by atoms with Gasteiger partial charge >= 0.3 is 0 Å². The van der Waals surface area contributed by atoms with Gasteiger partial charge in [-0.25, -0.2) is 13.1 Å². The predicted molar refractivity (Wildman–Crippen MR) is 54.6 cm³/mol. The lowest BCUT2D eigenvalue weighted by Gasteiger charge is -2.10. The van der Waals surface area contributed by atoms with E-state index in [2.05, 4.69) is 14.9 Å². The zero-order chi connectivity index (χ0) is 11.3. The Morgan fingerprint density at radius 1 is 1.67 bits per heavy atom. The molecule has 0 saturated carbocycles. The van der Waals surface area contributed by atoms with Gasteiger partial charge in [-0.05, 0) is 12.3 Å². The molecule has 1 atom stereocenters. The van der Waals surface area contributed by atoms with Gasteiger partial charge in [0.25, 0.3) is 0 Å². The first-order chi connectivity index (χ1) is 7.06. The quantitative estimate of drug-likeness (QED) is 0.629. The fraction of sp³-hybridized carbons (Fsp3) is 0.625. The summed E-state index contributed by atoms with van der Waals surface area (Å²) in [5, 5.41) is 14.7. The van der Waals surface area contributed by atoms with Gasteiger partial charge in [-0.1, -0.05) is 6.92 Å². The van der Waals surface area contributed by atoms with Crippen LogP contribution >= 0.6 is 0 Å². The van der Waals surface area contributed by atoms with Crippen molar-refractivity contribution < 1.29 is 13.5 Å². The third-order valence-corrected chi connectivity index (χ3v) is 3.42. The van der Waals surface area contributed by atoms with Crippen molar-refractivity contribution in [3.8, 4) is 0 Å². The summed E-state index contributed by atoms with van der Waals surface area (Å²) in [7, 11) is -3.46. The van der Waals surface area contributed by atoms with Crippen molar-refractivity contribution in [2.24, 2.45) is 5.92 Å². The SMILES string of the molecule is CC(CCO)CNS(=O)(=O)c1cn[nH]c1. The Bertz CT molecular complexity index is 374. The number of aromatic nitrogens is 2. The standard InChI is InChI=1S/C8H15N3O3S/c1-7(2-3-12)4-11-15(13,14)8-5-9-10-6-8/h5-7,11-12H,2-4H2,1H3,(H,9,10). The largest absolute Gasteiger partial charge is 0.396 e. The van der Waals surface area contributed by atoms with Crippen molar-refractivity contribution in [1.29, 1.82) is 0 Å². The molecular formula is C8H15N3O3S. The monoisotopic (exact) mass is 233 g/mol. The molecule has 0 spiro atoms. The lowest BCUT2D eigenvalue weighted by Crippen LogP contribution is -2.28. The highest BCUT2D eigenvalue weighted by Gasteiger charge is 2.15. The minimum atomic E-state index is -3.46. The van der Waals surface area contributed by atoms with Gasteiger partial charge in [0, 0.05) is 19.3 Å². The number of aliphatic hydroxyl groups is 1. The lowest BCUT2D eigenvalue weighted by atomic mass is 10.1. The summed E-state index contributed by atoms with van der Waals surface area (Å²) in [6.45, 7) is 2.25. The Kier molecular flexibility index (Phi) is 4.25. The zero-order valence-corrected chi connectivity index (χ0v) is 9.29. The van der Waals surface area contributed by atoms with E-state index in [1.54, 1.807) is 0 Å². The summed E-state index contributed by atoms with van der Waals surface area (Å²) >= 11 is 0. The molecule has 7 heteroatoms. The Labute approximate surface area is 88.8 Å². The summed E-state index contributed by atoms with van der Waals surface area (Å²) in [4.78, 5) is 0.124. The lowest BCUT2D eigenvalue weighted by molar-refractivity contribution is 0.263. The average Bonchev–Trinajstić information content (AvgIpc) is 2.69. The second-order valence-electron chi connectivity index (χ2n) is 3.40. The molecule has 1 heterocycles. The van der Waals surface area contributed by atoms with Crippen LogP contribution in [0.2, 0.25) is 0 Å². The highest BCUT2D eigenvalue weighted by Crippen LogP contribution is 2.06. The van der Waals surface area contributed by atoms with E-state index in [-0.39, 0.29) is 17.4 Å². The van der Waals surface area contributed by atoms with Crippen LogP contribution in [0.4, 0.5) is 0 Å². The number of H-pyrrole nitrogens is 1.